The molecule has 0 bridgehead atoms. The molecule has 28 heavy (non-hydrogen) atoms. The van der Waals surface area contributed by atoms with Gasteiger partial charge >= 0.3 is 6.03 Å². The zero-order valence-electron chi connectivity index (χ0n) is 15.9. The van der Waals surface area contributed by atoms with E-state index in [1.54, 1.807) is 11.3 Å². The summed E-state index contributed by atoms with van der Waals surface area (Å²) < 4.78 is 5.65. The topological polar surface area (TPSA) is 70.4 Å². The number of furan rings is 1. The molecule has 7 heteroatoms. The maximum atomic E-state index is 12.1. The summed E-state index contributed by atoms with van der Waals surface area (Å²) in [5.74, 6) is 1.73. The van der Waals surface area contributed by atoms with E-state index in [1.165, 1.54) is 0 Å². The molecule has 3 aromatic rings. The Balaban J connectivity index is 1.23. The number of aromatic nitrogens is 1. The van der Waals surface area contributed by atoms with Gasteiger partial charge in [-0.25, -0.2) is 9.78 Å². The molecule has 4 rings (SSSR count). The minimum atomic E-state index is -0.137. The highest BCUT2D eigenvalue weighted by molar-refractivity contribution is 7.13. The maximum absolute atomic E-state index is 12.1. The first-order valence-electron chi connectivity index (χ1n) is 9.52. The summed E-state index contributed by atoms with van der Waals surface area (Å²) in [5, 5.41) is 8.99. The lowest BCUT2D eigenvalue weighted by Crippen LogP contribution is -2.45. The van der Waals surface area contributed by atoms with Crippen molar-refractivity contribution in [1.82, 2.24) is 15.2 Å². The molecule has 3 heterocycles. The number of para-hydroxylation sites is 1. The van der Waals surface area contributed by atoms with Crippen LogP contribution in [0, 0.1) is 6.92 Å². The van der Waals surface area contributed by atoms with Gasteiger partial charge in [0.1, 0.15) is 5.76 Å². The first-order valence-corrected chi connectivity index (χ1v) is 10.4. The number of nitrogens with one attached hydrogen (secondary N) is 2. The lowest BCUT2D eigenvalue weighted by atomic mass is 10.1. The summed E-state index contributed by atoms with van der Waals surface area (Å²) in [6.07, 6.45) is 1.88. The quantitative estimate of drug-likeness (QED) is 0.666. The molecule has 0 radical (unpaired) electrons. The van der Waals surface area contributed by atoms with Crippen molar-refractivity contribution in [2.75, 3.05) is 18.4 Å². The standard InChI is InChI=1S/C21H24N4O2S/c1-15-7-8-19(27-15)20-22-18(14-28-20)13-25-11-9-17(10-12-25)24-21(26)23-16-5-3-2-4-6-16/h2-8,14,17H,9-13H2,1H3,(H2,23,24,26). The van der Waals surface area contributed by atoms with Crippen molar-refractivity contribution < 1.29 is 9.21 Å². The lowest BCUT2D eigenvalue weighted by Gasteiger charge is -2.31. The van der Waals surface area contributed by atoms with E-state index < -0.39 is 0 Å². The fourth-order valence-electron chi connectivity index (χ4n) is 3.38. The third kappa shape index (κ3) is 4.79. The lowest BCUT2D eigenvalue weighted by molar-refractivity contribution is 0.188. The number of benzene rings is 1. The van der Waals surface area contributed by atoms with Crippen LogP contribution in [0.4, 0.5) is 10.5 Å². The Labute approximate surface area is 168 Å². The smallest absolute Gasteiger partial charge is 0.319 e. The second-order valence-electron chi connectivity index (χ2n) is 7.07. The first-order chi connectivity index (χ1) is 13.7. The average Bonchev–Trinajstić information content (AvgIpc) is 3.33. The molecular formula is C21H24N4O2S. The number of carbonyl (C=O) groups is 1. The van der Waals surface area contributed by atoms with E-state index in [9.17, 15) is 4.79 Å². The number of hydrogen-bond donors (Lipinski definition) is 2. The molecule has 1 saturated heterocycles. The van der Waals surface area contributed by atoms with Crippen LogP contribution in [-0.4, -0.2) is 35.0 Å². The second kappa shape index (κ2) is 8.58. The molecule has 0 atom stereocenters. The number of carbonyl (C=O) groups excluding carboxylic acids is 1. The van der Waals surface area contributed by atoms with Crippen LogP contribution in [0.5, 0.6) is 0 Å². The third-order valence-electron chi connectivity index (χ3n) is 4.84. The number of likely N-dealkylation sites (tertiary alicyclic amines) is 1. The second-order valence-corrected chi connectivity index (χ2v) is 7.93. The van der Waals surface area contributed by atoms with Gasteiger partial charge in [-0.1, -0.05) is 18.2 Å². The van der Waals surface area contributed by atoms with Crippen LogP contribution in [0.3, 0.4) is 0 Å². The van der Waals surface area contributed by atoms with Crippen molar-refractivity contribution in [2.24, 2.45) is 0 Å². The van der Waals surface area contributed by atoms with Gasteiger partial charge in [-0.15, -0.1) is 11.3 Å². The Morgan fingerprint density at radius 3 is 2.71 bits per heavy atom. The predicted molar refractivity (Wildman–Crippen MR) is 111 cm³/mol. The number of amides is 2. The molecule has 1 aliphatic rings. The van der Waals surface area contributed by atoms with Gasteiger partial charge < -0.3 is 15.1 Å². The minimum absolute atomic E-state index is 0.137. The van der Waals surface area contributed by atoms with Crippen LogP contribution >= 0.6 is 11.3 Å². The van der Waals surface area contributed by atoms with Gasteiger partial charge in [0.2, 0.25) is 0 Å². The molecule has 2 aromatic heterocycles. The normalized spacial score (nSPS) is 15.5. The Morgan fingerprint density at radius 2 is 2.00 bits per heavy atom. The highest BCUT2D eigenvalue weighted by Gasteiger charge is 2.21. The van der Waals surface area contributed by atoms with Gasteiger partial charge in [0.15, 0.2) is 10.8 Å². The van der Waals surface area contributed by atoms with E-state index in [0.29, 0.717) is 0 Å². The van der Waals surface area contributed by atoms with E-state index in [0.717, 1.165) is 60.4 Å². The van der Waals surface area contributed by atoms with Crippen LogP contribution in [0.2, 0.25) is 0 Å². The fourth-order valence-corrected chi connectivity index (χ4v) is 4.15. The van der Waals surface area contributed by atoms with E-state index in [-0.39, 0.29) is 12.1 Å². The van der Waals surface area contributed by atoms with Crippen LogP contribution in [0.15, 0.2) is 52.3 Å². The number of anilines is 1. The molecule has 1 fully saturated rings. The number of urea groups is 1. The maximum Gasteiger partial charge on any atom is 0.319 e. The third-order valence-corrected chi connectivity index (χ3v) is 5.75. The van der Waals surface area contributed by atoms with Gasteiger partial charge in [0.25, 0.3) is 0 Å². The molecule has 2 N–H and O–H groups in total. The molecule has 6 nitrogen and oxygen atoms in total. The SMILES string of the molecule is Cc1ccc(-c2nc(CN3CCC(NC(=O)Nc4ccccc4)CC3)cs2)o1. The van der Waals surface area contributed by atoms with E-state index >= 15 is 0 Å². The molecule has 0 unspecified atom stereocenters. The fraction of sp³-hybridized carbons (Fsp3) is 0.333. The van der Waals surface area contributed by atoms with E-state index in [4.69, 9.17) is 9.40 Å². The first kappa shape index (κ1) is 18.7. The largest absolute Gasteiger partial charge is 0.459 e. The Hall–Kier alpha value is -2.64. The van der Waals surface area contributed by atoms with Crippen molar-refractivity contribution in [2.45, 2.75) is 32.4 Å². The number of hydrogen-bond acceptors (Lipinski definition) is 5. The Kier molecular flexibility index (Phi) is 5.73. The van der Waals surface area contributed by atoms with Crippen molar-refractivity contribution in [3.63, 3.8) is 0 Å². The summed E-state index contributed by atoms with van der Waals surface area (Å²) in [7, 11) is 0. The van der Waals surface area contributed by atoms with Crippen LogP contribution in [0.25, 0.3) is 10.8 Å². The Bertz CT molecular complexity index is 913. The van der Waals surface area contributed by atoms with E-state index in [1.807, 2.05) is 49.4 Å². The van der Waals surface area contributed by atoms with Gasteiger partial charge in [0, 0.05) is 36.7 Å². The average molecular weight is 397 g/mol. The molecule has 2 amide bonds. The molecule has 1 aliphatic heterocycles. The summed E-state index contributed by atoms with van der Waals surface area (Å²) in [5.41, 5.74) is 1.88. The zero-order chi connectivity index (χ0) is 19.3. The highest BCUT2D eigenvalue weighted by atomic mass is 32.1. The minimum Gasteiger partial charge on any atom is -0.459 e. The summed E-state index contributed by atoms with van der Waals surface area (Å²) in [6.45, 7) is 4.67. The van der Waals surface area contributed by atoms with E-state index in [2.05, 4.69) is 20.9 Å². The zero-order valence-corrected chi connectivity index (χ0v) is 16.7. The molecule has 0 aliphatic carbocycles. The van der Waals surface area contributed by atoms with Crippen molar-refractivity contribution >= 4 is 23.1 Å². The number of aryl methyl sites for hydroxylation is 1. The summed E-state index contributed by atoms with van der Waals surface area (Å²) >= 11 is 1.62. The summed E-state index contributed by atoms with van der Waals surface area (Å²) in [6, 6.07) is 13.5. The number of rotatable bonds is 5. The van der Waals surface area contributed by atoms with Crippen molar-refractivity contribution in [3.05, 3.63) is 59.3 Å². The predicted octanol–water partition coefficient (Wildman–Crippen LogP) is 4.50. The van der Waals surface area contributed by atoms with Gasteiger partial charge in [-0.3, -0.25) is 4.90 Å². The molecule has 0 spiro atoms. The monoisotopic (exact) mass is 396 g/mol. The van der Waals surface area contributed by atoms with Crippen LogP contribution in [-0.2, 0) is 6.54 Å². The Morgan fingerprint density at radius 1 is 1.21 bits per heavy atom. The number of nitrogens with zero attached hydrogens (tertiary/aromatic N) is 2. The van der Waals surface area contributed by atoms with Crippen molar-refractivity contribution in [1.29, 1.82) is 0 Å². The van der Waals surface area contributed by atoms with Crippen molar-refractivity contribution in [3.8, 4) is 10.8 Å². The molecule has 146 valence electrons. The number of thiazole rings is 1. The van der Waals surface area contributed by atoms with Gasteiger partial charge in [0.05, 0.1) is 5.69 Å². The van der Waals surface area contributed by atoms with Crippen LogP contribution < -0.4 is 10.6 Å². The van der Waals surface area contributed by atoms with Gasteiger partial charge in [-0.05, 0) is 44.0 Å². The summed E-state index contributed by atoms with van der Waals surface area (Å²) in [4.78, 5) is 19.2. The molecular weight excluding hydrogens is 372 g/mol. The number of piperidine rings is 1. The van der Waals surface area contributed by atoms with Gasteiger partial charge in [-0.2, -0.15) is 0 Å². The highest BCUT2D eigenvalue weighted by Crippen LogP contribution is 2.26. The molecule has 0 saturated carbocycles. The molecule has 1 aromatic carbocycles. The van der Waals surface area contributed by atoms with Crippen LogP contribution in [0.1, 0.15) is 24.3 Å².